The first-order chi connectivity index (χ1) is 9.63. The van der Waals surface area contributed by atoms with E-state index in [0.717, 1.165) is 32.0 Å². The molecule has 0 radical (unpaired) electrons. The van der Waals surface area contributed by atoms with E-state index in [1.165, 1.54) is 31.4 Å². The van der Waals surface area contributed by atoms with E-state index in [4.69, 9.17) is 5.73 Å². The number of aromatic nitrogens is 1. The third kappa shape index (κ3) is 4.29. The minimum absolute atomic E-state index is 0.344. The average Bonchev–Trinajstić information content (AvgIpc) is 2.46. The molecule has 112 valence electrons. The molecule has 0 saturated heterocycles. The number of likely N-dealkylation sites (N-methyl/N-ethyl adjacent to an activating group) is 1. The molecule has 1 fully saturated rings. The fraction of sp³-hybridized carbons (Fsp3) is 0.706. The van der Waals surface area contributed by atoms with Gasteiger partial charge in [-0.05, 0) is 49.9 Å². The quantitative estimate of drug-likeness (QED) is 0.868. The first kappa shape index (κ1) is 15.5. The number of nitrogens with two attached hydrogens (primary N) is 1. The van der Waals surface area contributed by atoms with Gasteiger partial charge in [0.2, 0.25) is 0 Å². The summed E-state index contributed by atoms with van der Waals surface area (Å²) in [5, 5.41) is 0. The number of pyridine rings is 1. The third-order valence-corrected chi connectivity index (χ3v) is 4.70. The summed E-state index contributed by atoms with van der Waals surface area (Å²) in [6.07, 6.45) is 8.19. The van der Waals surface area contributed by atoms with Crippen LogP contribution in [-0.2, 0) is 6.42 Å². The van der Waals surface area contributed by atoms with Gasteiger partial charge >= 0.3 is 0 Å². The van der Waals surface area contributed by atoms with Crippen LogP contribution < -0.4 is 5.73 Å². The Morgan fingerprint density at radius 1 is 1.45 bits per heavy atom. The van der Waals surface area contributed by atoms with Crippen LogP contribution >= 0.6 is 0 Å². The molecule has 0 aromatic carbocycles. The van der Waals surface area contributed by atoms with Crippen molar-refractivity contribution in [1.82, 2.24) is 9.88 Å². The Bertz CT molecular complexity index is 392. The van der Waals surface area contributed by atoms with E-state index < -0.39 is 0 Å². The van der Waals surface area contributed by atoms with E-state index in [1.54, 1.807) is 0 Å². The molecule has 1 aliphatic rings. The summed E-state index contributed by atoms with van der Waals surface area (Å²) in [7, 11) is 2.22. The molecular weight excluding hydrogens is 246 g/mol. The molecule has 1 aliphatic carbocycles. The summed E-state index contributed by atoms with van der Waals surface area (Å²) in [6.45, 7) is 5.39. The molecule has 2 N–H and O–H groups in total. The molecule has 1 saturated carbocycles. The van der Waals surface area contributed by atoms with Gasteiger partial charge in [-0.1, -0.05) is 25.8 Å². The first-order valence-corrected chi connectivity index (χ1v) is 7.92. The van der Waals surface area contributed by atoms with Crippen LogP contribution in [0.25, 0.3) is 0 Å². The molecule has 0 spiro atoms. The highest BCUT2D eigenvalue weighted by molar-refractivity contribution is 5.03. The van der Waals surface area contributed by atoms with Gasteiger partial charge in [-0.2, -0.15) is 0 Å². The van der Waals surface area contributed by atoms with E-state index >= 15 is 0 Å². The molecule has 0 aliphatic heterocycles. The summed E-state index contributed by atoms with van der Waals surface area (Å²) >= 11 is 0. The first-order valence-electron chi connectivity index (χ1n) is 7.92. The Hall–Kier alpha value is -0.930. The van der Waals surface area contributed by atoms with Gasteiger partial charge in [0.05, 0.1) is 0 Å². The second kappa shape index (κ2) is 7.19. The van der Waals surface area contributed by atoms with Gasteiger partial charge < -0.3 is 10.6 Å². The highest BCUT2D eigenvalue weighted by atomic mass is 15.1. The molecule has 3 heteroatoms. The minimum Gasteiger partial charge on any atom is -0.330 e. The zero-order valence-corrected chi connectivity index (χ0v) is 13.0. The summed E-state index contributed by atoms with van der Waals surface area (Å²) in [5.74, 6) is 0.830. The van der Waals surface area contributed by atoms with E-state index in [9.17, 15) is 0 Å². The normalized spacial score (nSPS) is 26.9. The Kier molecular flexibility index (Phi) is 5.55. The number of hydrogen-bond acceptors (Lipinski definition) is 3. The van der Waals surface area contributed by atoms with Crippen LogP contribution in [0.3, 0.4) is 0 Å². The molecular formula is C17H29N3. The van der Waals surface area contributed by atoms with Crippen molar-refractivity contribution < 1.29 is 0 Å². The summed E-state index contributed by atoms with van der Waals surface area (Å²) in [4.78, 5) is 6.84. The predicted molar refractivity (Wildman–Crippen MR) is 84.6 cm³/mol. The number of nitrogens with zero attached hydrogens (tertiary/aromatic N) is 2. The zero-order chi connectivity index (χ0) is 14.4. The Labute approximate surface area is 123 Å². The average molecular weight is 275 g/mol. The van der Waals surface area contributed by atoms with Crippen molar-refractivity contribution in [1.29, 1.82) is 0 Å². The maximum atomic E-state index is 6.12. The third-order valence-electron chi connectivity index (χ3n) is 4.70. The Morgan fingerprint density at radius 3 is 2.95 bits per heavy atom. The van der Waals surface area contributed by atoms with Crippen molar-refractivity contribution in [2.45, 2.75) is 39.0 Å². The lowest BCUT2D eigenvalue weighted by Crippen LogP contribution is -2.44. The predicted octanol–water partition coefficient (Wildman–Crippen LogP) is 2.71. The fourth-order valence-corrected chi connectivity index (χ4v) is 3.67. The lowest BCUT2D eigenvalue weighted by molar-refractivity contribution is 0.102. The minimum atomic E-state index is 0.344. The highest BCUT2D eigenvalue weighted by Gasteiger charge is 2.34. The molecule has 0 amide bonds. The van der Waals surface area contributed by atoms with Crippen LogP contribution in [0.1, 0.15) is 38.3 Å². The molecule has 20 heavy (non-hydrogen) atoms. The maximum absolute atomic E-state index is 6.12. The second-order valence-electron chi connectivity index (χ2n) is 6.71. The highest BCUT2D eigenvalue weighted by Crippen LogP contribution is 2.39. The zero-order valence-electron chi connectivity index (χ0n) is 13.0. The summed E-state index contributed by atoms with van der Waals surface area (Å²) < 4.78 is 0. The Balaban J connectivity index is 1.84. The van der Waals surface area contributed by atoms with Crippen molar-refractivity contribution in [2.75, 3.05) is 26.7 Å². The van der Waals surface area contributed by atoms with Gasteiger partial charge in [-0.25, -0.2) is 0 Å². The summed E-state index contributed by atoms with van der Waals surface area (Å²) in [5.41, 5.74) is 7.64. The van der Waals surface area contributed by atoms with Crippen LogP contribution in [0.15, 0.2) is 24.4 Å². The molecule has 2 rings (SSSR count). The van der Waals surface area contributed by atoms with Gasteiger partial charge in [0.15, 0.2) is 0 Å². The van der Waals surface area contributed by atoms with E-state index in [-0.39, 0.29) is 0 Å². The van der Waals surface area contributed by atoms with Crippen LogP contribution in [0.5, 0.6) is 0 Å². The molecule has 1 heterocycles. The standard InChI is InChI=1S/C17H29N3/c1-15-6-5-9-17(12-15,13-18)14-20(2)11-8-16-7-3-4-10-19-16/h3-4,7,10,15H,5-6,8-9,11-14,18H2,1-2H3. The smallest absolute Gasteiger partial charge is 0.0416 e. The van der Waals surface area contributed by atoms with Gasteiger partial charge in [0.1, 0.15) is 0 Å². The SMILES string of the molecule is CC1CCCC(CN)(CN(C)CCc2ccccn2)C1. The van der Waals surface area contributed by atoms with Crippen LogP contribution in [0, 0.1) is 11.3 Å². The number of hydrogen-bond donors (Lipinski definition) is 1. The molecule has 1 aromatic rings. The van der Waals surface area contributed by atoms with E-state index in [1.807, 2.05) is 12.3 Å². The van der Waals surface area contributed by atoms with E-state index in [2.05, 4.69) is 36.0 Å². The van der Waals surface area contributed by atoms with Gasteiger partial charge in [0, 0.05) is 31.4 Å². The topological polar surface area (TPSA) is 42.1 Å². The van der Waals surface area contributed by atoms with E-state index in [0.29, 0.717) is 5.41 Å². The van der Waals surface area contributed by atoms with Crippen molar-refractivity contribution >= 4 is 0 Å². The molecule has 0 bridgehead atoms. The molecule has 2 atom stereocenters. The molecule has 2 unspecified atom stereocenters. The van der Waals surface area contributed by atoms with Crippen molar-refractivity contribution in [3.8, 4) is 0 Å². The second-order valence-corrected chi connectivity index (χ2v) is 6.71. The van der Waals surface area contributed by atoms with Crippen molar-refractivity contribution in [3.63, 3.8) is 0 Å². The van der Waals surface area contributed by atoms with Crippen LogP contribution in [0.2, 0.25) is 0 Å². The largest absolute Gasteiger partial charge is 0.330 e. The maximum Gasteiger partial charge on any atom is 0.0416 e. The lowest BCUT2D eigenvalue weighted by Gasteiger charge is -2.41. The fourth-order valence-electron chi connectivity index (χ4n) is 3.67. The summed E-state index contributed by atoms with van der Waals surface area (Å²) in [6, 6.07) is 6.14. The lowest BCUT2D eigenvalue weighted by atomic mass is 9.70. The molecule has 1 aromatic heterocycles. The number of rotatable bonds is 6. The van der Waals surface area contributed by atoms with Gasteiger partial charge in [0.25, 0.3) is 0 Å². The monoisotopic (exact) mass is 275 g/mol. The van der Waals surface area contributed by atoms with Crippen molar-refractivity contribution in [2.24, 2.45) is 17.1 Å². The molecule has 3 nitrogen and oxygen atoms in total. The van der Waals surface area contributed by atoms with Crippen molar-refractivity contribution in [3.05, 3.63) is 30.1 Å². The Morgan fingerprint density at radius 2 is 2.30 bits per heavy atom. The van der Waals surface area contributed by atoms with Gasteiger partial charge in [-0.3, -0.25) is 4.98 Å². The van der Waals surface area contributed by atoms with Gasteiger partial charge in [-0.15, -0.1) is 0 Å². The van der Waals surface area contributed by atoms with Crippen LogP contribution in [0.4, 0.5) is 0 Å². The van der Waals surface area contributed by atoms with Crippen LogP contribution in [-0.4, -0.2) is 36.6 Å².